The molecule has 1 amide bonds. The summed E-state index contributed by atoms with van der Waals surface area (Å²) in [5.74, 6) is -0.538. The van der Waals surface area contributed by atoms with Crippen LogP contribution in [0.2, 0.25) is 0 Å². The van der Waals surface area contributed by atoms with Gasteiger partial charge in [-0.05, 0) is 6.42 Å². The van der Waals surface area contributed by atoms with Crippen LogP contribution in [0.3, 0.4) is 0 Å². The van der Waals surface area contributed by atoms with Gasteiger partial charge in [0.1, 0.15) is 0 Å². The molecule has 0 aromatic carbocycles. The first-order valence-electron chi connectivity index (χ1n) is 3.51. The van der Waals surface area contributed by atoms with Gasteiger partial charge >= 0.3 is 0 Å². The van der Waals surface area contributed by atoms with Crippen molar-refractivity contribution in [1.29, 1.82) is 0 Å². The molecule has 0 radical (unpaired) electrons. The summed E-state index contributed by atoms with van der Waals surface area (Å²) in [7, 11) is 1.84. The summed E-state index contributed by atoms with van der Waals surface area (Å²) < 4.78 is 0. The van der Waals surface area contributed by atoms with E-state index >= 15 is 0 Å². The smallest absolute Gasteiger partial charge is 0.248 e. The third kappa shape index (κ3) is 1.71. The highest BCUT2D eigenvalue weighted by atomic mass is 16.3. The van der Waals surface area contributed by atoms with Crippen molar-refractivity contribution in [3.05, 3.63) is 11.8 Å². The van der Waals surface area contributed by atoms with Crippen molar-refractivity contribution < 1.29 is 9.90 Å². The number of amides is 1. The molecular weight excluding hydrogens is 144 g/mol. The lowest BCUT2D eigenvalue weighted by Crippen LogP contribution is -2.33. The summed E-state index contributed by atoms with van der Waals surface area (Å²) in [6.45, 7) is 0.762. The second-order valence-corrected chi connectivity index (χ2v) is 2.73. The molecule has 4 nitrogen and oxygen atoms in total. The Morgan fingerprint density at radius 1 is 1.91 bits per heavy atom. The van der Waals surface area contributed by atoms with Gasteiger partial charge in [-0.1, -0.05) is 0 Å². The molecule has 0 aromatic heterocycles. The second kappa shape index (κ2) is 2.92. The first-order chi connectivity index (χ1) is 5.11. The molecule has 0 saturated heterocycles. The van der Waals surface area contributed by atoms with Crippen molar-refractivity contribution in [2.24, 2.45) is 5.73 Å². The van der Waals surface area contributed by atoms with E-state index in [-0.39, 0.29) is 0 Å². The molecule has 0 aromatic rings. The summed E-state index contributed by atoms with van der Waals surface area (Å²) in [6, 6.07) is 0. The molecule has 0 bridgehead atoms. The Bertz CT molecular complexity index is 201. The van der Waals surface area contributed by atoms with Crippen LogP contribution in [0.15, 0.2) is 11.8 Å². The van der Waals surface area contributed by atoms with E-state index in [1.54, 1.807) is 6.20 Å². The van der Waals surface area contributed by atoms with Crippen LogP contribution in [0.5, 0.6) is 0 Å². The van der Waals surface area contributed by atoms with Crippen LogP contribution >= 0.6 is 0 Å². The van der Waals surface area contributed by atoms with E-state index in [1.165, 1.54) is 0 Å². The average molecular weight is 156 g/mol. The Labute approximate surface area is 65.3 Å². The van der Waals surface area contributed by atoms with Gasteiger partial charge in [0, 0.05) is 19.8 Å². The maximum absolute atomic E-state index is 10.7. The van der Waals surface area contributed by atoms with Crippen LogP contribution in [0.4, 0.5) is 0 Å². The maximum atomic E-state index is 10.7. The molecule has 0 aliphatic carbocycles. The van der Waals surface area contributed by atoms with Crippen LogP contribution in [0, 0.1) is 0 Å². The van der Waals surface area contributed by atoms with E-state index in [1.807, 2.05) is 11.9 Å². The molecule has 1 atom stereocenters. The van der Waals surface area contributed by atoms with E-state index < -0.39 is 12.0 Å². The van der Waals surface area contributed by atoms with Gasteiger partial charge in [0.15, 0.2) is 0 Å². The fraction of sp³-hybridized carbons (Fsp3) is 0.571. The van der Waals surface area contributed by atoms with Crippen molar-refractivity contribution in [3.8, 4) is 0 Å². The third-order valence-electron chi connectivity index (χ3n) is 1.76. The van der Waals surface area contributed by atoms with Gasteiger partial charge in [0.2, 0.25) is 5.91 Å². The van der Waals surface area contributed by atoms with E-state index in [9.17, 15) is 9.90 Å². The minimum atomic E-state index is -0.677. The molecule has 0 saturated carbocycles. The summed E-state index contributed by atoms with van der Waals surface area (Å²) in [4.78, 5) is 12.5. The summed E-state index contributed by atoms with van der Waals surface area (Å²) >= 11 is 0. The normalized spacial score (nSPS) is 24.7. The number of aliphatic hydroxyl groups excluding tert-OH is 1. The van der Waals surface area contributed by atoms with E-state index in [4.69, 9.17) is 5.73 Å². The number of rotatable bonds is 1. The van der Waals surface area contributed by atoms with Crippen molar-refractivity contribution >= 4 is 5.91 Å². The first-order valence-corrected chi connectivity index (χ1v) is 3.51. The molecule has 1 aliphatic heterocycles. The maximum Gasteiger partial charge on any atom is 0.248 e. The van der Waals surface area contributed by atoms with Crippen LogP contribution in [-0.4, -0.2) is 35.6 Å². The topological polar surface area (TPSA) is 66.6 Å². The fourth-order valence-corrected chi connectivity index (χ4v) is 1.10. The quantitative estimate of drug-likeness (QED) is 0.514. The predicted octanol–water partition coefficient (Wildman–Crippen LogP) is -0.948. The molecule has 11 heavy (non-hydrogen) atoms. The van der Waals surface area contributed by atoms with Crippen LogP contribution < -0.4 is 5.73 Å². The number of primary amides is 1. The predicted molar refractivity (Wildman–Crippen MR) is 40.5 cm³/mol. The summed E-state index contributed by atoms with van der Waals surface area (Å²) in [5, 5.41) is 9.26. The Hall–Kier alpha value is -1.03. The molecule has 1 aliphatic rings. The van der Waals surface area contributed by atoms with Crippen LogP contribution in [0.25, 0.3) is 0 Å². The monoisotopic (exact) mass is 156 g/mol. The molecule has 1 rings (SSSR count). The zero-order valence-corrected chi connectivity index (χ0v) is 6.45. The highest BCUT2D eigenvalue weighted by molar-refractivity contribution is 5.92. The third-order valence-corrected chi connectivity index (χ3v) is 1.76. The molecule has 62 valence electrons. The first kappa shape index (κ1) is 8.07. The number of aliphatic hydroxyl groups is 1. The largest absolute Gasteiger partial charge is 0.388 e. The molecule has 0 fully saturated rings. The van der Waals surface area contributed by atoms with Gasteiger partial charge < -0.3 is 15.7 Å². The fourth-order valence-electron chi connectivity index (χ4n) is 1.10. The van der Waals surface area contributed by atoms with Gasteiger partial charge in [-0.25, -0.2) is 0 Å². The van der Waals surface area contributed by atoms with E-state index in [2.05, 4.69) is 0 Å². The number of carbonyl (C=O) groups excluding carboxylic acids is 1. The van der Waals surface area contributed by atoms with E-state index in [0.29, 0.717) is 12.0 Å². The van der Waals surface area contributed by atoms with Crippen molar-refractivity contribution in [1.82, 2.24) is 4.90 Å². The average Bonchev–Trinajstić information content (AvgIpc) is 1.94. The molecular formula is C7H12N2O2. The SMILES string of the molecule is CN1C=C(C(N)=O)[C@@H](O)CC1. The lowest BCUT2D eigenvalue weighted by molar-refractivity contribution is -0.115. The molecule has 0 unspecified atom stereocenters. The minimum Gasteiger partial charge on any atom is -0.388 e. The van der Waals surface area contributed by atoms with Crippen LogP contribution in [0.1, 0.15) is 6.42 Å². The lowest BCUT2D eigenvalue weighted by atomic mass is 10.0. The number of hydrogen-bond donors (Lipinski definition) is 2. The highest BCUT2D eigenvalue weighted by Crippen LogP contribution is 2.13. The zero-order valence-electron chi connectivity index (χ0n) is 6.45. The van der Waals surface area contributed by atoms with Gasteiger partial charge in [-0.15, -0.1) is 0 Å². The second-order valence-electron chi connectivity index (χ2n) is 2.73. The van der Waals surface area contributed by atoms with Gasteiger partial charge in [0.05, 0.1) is 11.7 Å². The molecule has 0 spiro atoms. The lowest BCUT2D eigenvalue weighted by Gasteiger charge is -2.24. The zero-order chi connectivity index (χ0) is 8.43. The van der Waals surface area contributed by atoms with Gasteiger partial charge in [0.25, 0.3) is 0 Å². The van der Waals surface area contributed by atoms with Gasteiger partial charge in [-0.3, -0.25) is 4.79 Å². The molecule has 1 heterocycles. The summed E-state index contributed by atoms with van der Waals surface area (Å²) in [6.07, 6.45) is 1.49. The van der Waals surface area contributed by atoms with Gasteiger partial charge in [-0.2, -0.15) is 0 Å². The Morgan fingerprint density at radius 2 is 2.55 bits per heavy atom. The van der Waals surface area contributed by atoms with Crippen LogP contribution in [-0.2, 0) is 4.79 Å². The Morgan fingerprint density at radius 3 is 3.00 bits per heavy atom. The highest BCUT2D eigenvalue weighted by Gasteiger charge is 2.20. The Kier molecular flexibility index (Phi) is 2.14. The summed E-state index contributed by atoms with van der Waals surface area (Å²) in [5.41, 5.74) is 5.33. The van der Waals surface area contributed by atoms with Crippen molar-refractivity contribution in [2.45, 2.75) is 12.5 Å². The Balaban J connectivity index is 2.79. The number of carbonyl (C=O) groups is 1. The number of hydrogen-bond acceptors (Lipinski definition) is 3. The molecule has 3 N–H and O–H groups in total. The van der Waals surface area contributed by atoms with Crippen molar-refractivity contribution in [3.63, 3.8) is 0 Å². The number of nitrogens with two attached hydrogens (primary N) is 1. The standard InChI is InChI=1S/C7H12N2O2/c1-9-3-2-6(10)5(4-9)7(8)11/h4,6,10H,2-3H2,1H3,(H2,8,11)/t6-/m0/s1. The van der Waals surface area contributed by atoms with E-state index in [0.717, 1.165) is 6.54 Å². The molecule has 4 heteroatoms. The van der Waals surface area contributed by atoms with Crippen molar-refractivity contribution in [2.75, 3.05) is 13.6 Å². The minimum absolute atomic E-state index is 0.304. The number of nitrogens with zero attached hydrogens (tertiary/aromatic N) is 1.